The van der Waals surface area contributed by atoms with Crippen LogP contribution in [0.5, 0.6) is 0 Å². The van der Waals surface area contributed by atoms with Crippen LogP contribution in [0.15, 0.2) is 0 Å². The van der Waals surface area contributed by atoms with Crippen molar-refractivity contribution in [3.05, 3.63) is 0 Å². The first-order valence-corrected chi connectivity index (χ1v) is 7.34. The van der Waals surface area contributed by atoms with Gasteiger partial charge in [0.05, 0.1) is 6.61 Å². The van der Waals surface area contributed by atoms with Crippen molar-refractivity contribution in [3.63, 3.8) is 0 Å². The predicted molar refractivity (Wildman–Crippen MR) is 78.7 cm³/mol. The minimum absolute atomic E-state index is 0. The zero-order chi connectivity index (χ0) is 12.8. The van der Waals surface area contributed by atoms with Crippen LogP contribution in [0, 0.1) is 5.92 Å². The molecule has 1 aliphatic carbocycles. The Morgan fingerprint density at radius 1 is 1.32 bits per heavy atom. The van der Waals surface area contributed by atoms with Crippen LogP contribution in [0.25, 0.3) is 0 Å². The molecule has 1 heterocycles. The third-order valence-corrected chi connectivity index (χ3v) is 4.18. The molecule has 0 spiro atoms. The molecule has 1 saturated carbocycles. The maximum absolute atomic E-state index is 12.1. The molecule has 1 amide bonds. The van der Waals surface area contributed by atoms with Crippen molar-refractivity contribution in [2.75, 3.05) is 33.3 Å². The van der Waals surface area contributed by atoms with Crippen molar-refractivity contribution < 1.29 is 9.53 Å². The highest BCUT2D eigenvalue weighted by atomic mass is 35.5. The van der Waals surface area contributed by atoms with E-state index >= 15 is 0 Å². The van der Waals surface area contributed by atoms with E-state index in [4.69, 9.17) is 4.74 Å². The molecule has 1 unspecified atom stereocenters. The van der Waals surface area contributed by atoms with E-state index in [0.29, 0.717) is 13.2 Å². The first kappa shape index (κ1) is 16.7. The molecule has 1 saturated heterocycles. The molecule has 19 heavy (non-hydrogen) atoms. The molecular formula is C14H27ClN2O2. The summed E-state index contributed by atoms with van der Waals surface area (Å²) < 4.78 is 5.50. The van der Waals surface area contributed by atoms with E-state index in [-0.39, 0.29) is 24.4 Å². The van der Waals surface area contributed by atoms with Gasteiger partial charge in [-0.05, 0) is 12.3 Å². The average molecular weight is 291 g/mol. The molecule has 0 bridgehead atoms. The number of halogens is 1. The Balaban J connectivity index is 0.00000180. The third kappa shape index (κ3) is 5.28. The van der Waals surface area contributed by atoms with E-state index in [1.165, 1.54) is 32.1 Å². The molecule has 4 nitrogen and oxygen atoms in total. The fourth-order valence-electron chi connectivity index (χ4n) is 2.93. The summed E-state index contributed by atoms with van der Waals surface area (Å²) in [6.07, 6.45) is 7.73. The van der Waals surface area contributed by atoms with Crippen molar-refractivity contribution in [2.45, 2.75) is 44.6 Å². The van der Waals surface area contributed by atoms with E-state index in [0.717, 1.165) is 25.4 Å². The fourth-order valence-corrected chi connectivity index (χ4v) is 2.93. The smallest absolute Gasteiger partial charge is 0.252 e. The largest absolute Gasteiger partial charge is 0.366 e. The summed E-state index contributed by atoms with van der Waals surface area (Å²) in [4.78, 5) is 14.0. The summed E-state index contributed by atoms with van der Waals surface area (Å²) in [5.74, 6) is 0.970. The Morgan fingerprint density at radius 2 is 2.05 bits per heavy atom. The number of carbonyl (C=O) groups excluding carboxylic acids is 1. The highest BCUT2D eigenvalue weighted by Crippen LogP contribution is 2.26. The number of carbonyl (C=O) groups is 1. The summed E-state index contributed by atoms with van der Waals surface area (Å²) >= 11 is 0. The van der Waals surface area contributed by atoms with Gasteiger partial charge in [-0.2, -0.15) is 0 Å². The molecule has 1 aliphatic heterocycles. The first-order chi connectivity index (χ1) is 8.77. The van der Waals surface area contributed by atoms with Crippen LogP contribution in [-0.2, 0) is 9.53 Å². The first-order valence-electron chi connectivity index (χ1n) is 7.34. The van der Waals surface area contributed by atoms with Gasteiger partial charge in [-0.1, -0.05) is 32.1 Å². The van der Waals surface area contributed by atoms with E-state index in [9.17, 15) is 4.79 Å². The van der Waals surface area contributed by atoms with Crippen LogP contribution >= 0.6 is 12.4 Å². The summed E-state index contributed by atoms with van der Waals surface area (Å²) in [5, 5.41) is 3.20. The normalized spacial score (nSPS) is 24.6. The summed E-state index contributed by atoms with van der Waals surface area (Å²) in [7, 11) is 1.91. The van der Waals surface area contributed by atoms with Gasteiger partial charge < -0.3 is 15.0 Å². The Morgan fingerprint density at radius 3 is 2.68 bits per heavy atom. The number of ether oxygens (including phenoxy) is 1. The molecular weight excluding hydrogens is 264 g/mol. The van der Waals surface area contributed by atoms with Crippen LogP contribution in [0.1, 0.15) is 38.5 Å². The van der Waals surface area contributed by atoms with Gasteiger partial charge in [0.25, 0.3) is 5.91 Å². The number of nitrogens with one attached hydrogen (secondary N) is 1. The van der Waals surface area contributed by atoms with E-state index < -0.39 is 0 Å². The maximum Gasteiger partial charge on any atom is 0.252 e. The molecule has 0 aromatic rings. The Hall–Kier alpha value is -0.320. The standard InChI is InChI=1S/C14H26N2O2.ClH/c1-16(9-7-12-5-3-2-4-6-12)14(17)13-11-15-8-10-18-13;/h12-13,15H,2-11H2,1H3;1H. The lowest BCUT2D eigenvalue weighted by Gasteiger charge is -2.29. The molecule has 2 aliphatic rings. The van der Waals surface area contributed by atoms with E-state index in [1.807, 2.05) is 11.9 Å². The molecule has 1 N–H and O–H groups in total. The Bertz CT molecular complexity index is 264. The van der Waals surface area contributed by atoms with Crippen LogP contribution in [0.2, 0.25) is 0 Å². The number of amides is 1. The SMILES string of the molecule is CN(CCC1CCCCC1)C(=O)C1CNCCO1.Cl. The lowest BCUT2D eigenvalue weighted by Crippen LogP contribution is -2.48. The van der Waals surface area contributed by atoms with Gasteiger partial charge in [-0.15, -0.1) is 12.4 Å². The number of nitrogens with zero attached hydrogens (tertiary/aromatic N) is 1. The lowest BCUT2D eigenvalue weighted by molar-refractivity contribution is -0.144. The van der Waals surface area contributed by atoms with Gasteiger partial charge in [0.15, 0.2) is 0 Å². The Labute approximate surface area is 122 Å². The van der Waals surface area contributed by atoms with Crippen LogP contribution < -0.4 is 5.32 Å². The minimum atomic E-state index is -0.268. The lowest BCUT2D eigenvalue weighted by atomic mass is 9.87. The second-order valence-electron chi connectivity index (χ2n) is 5.62. The monoisotopic (exact) mass is 290 g/mol. The molecule has 1 atom stereocenters. The van der Waals surface area contributed by atoms with Crippen molar-refractivity contribution in [1.29, 1.82) is 0 Å². The van der Waals surface area contributed by atoms with Crippen molar-refractivity contribution >= 4 is 18.3 Å². The van der Waals surface area contributed by atoms with E-state index in [1.54, 1.807) is 0 Å². The van der Waals surface area contributed by atoms with Gasteiger partial charge in [0.1, 0.15) is 6.10 Å². The average Bonchev–Trinajstić information content (AvgIpc) is 2.46. The molecule has 0 radical (unpaired) electrons. The zero-order valence-electron chi connectivity index (χ0n) is 11.9. The second-order valence-corrected chi connectivity index (χ2v) is 5.62. The van der Waals surface area contributed by atoms with Crippen molar-refractivity contribution in [3.8, 4) is 0 Å². The van der Waals surface area contributed by atoms with Crippen molar-refractivity contribution in [1.82, 2.24) is 10.2 Å². The van der Waals surface area contributed by atoms with Gasteiger partial charge in [-0.25, -0.2) is 0 Å². The number of hydrogen-bond acceptors (Lipinski definition) is 3. The molecule has 2 fully saturated rings. The summed E-state index contributed by atoms with van der Waals surface area (Å²) in [6.45, 7) is 3.04. The second kappa shape index (κ2) is 8.77. The third-order valence-electron chi connectivity index (χ3n) is 4.18. The van der Waals surface area contributed by atoms with Gasteiger partial charge in [0, 0.05) is 26.7 Å². The number of rotatable bonds is 4. The number of morpholine rings is 1. The van der Waals surface area contributed by atoms with E-state index in [2.05, 4.69) is 5.32 Å². The molecule has 0 aromatic carbocycles. The Kier molecular flexibility index (Phi) is 7.73. The van der Waals surface area contributed by atoms with Crippen LogP contribution in [-0.4, -0.2) is 50.2 Å². The van der Waals surface area contributed by atoms with Crippen LogP contribution in [0.4, 0.5) is 0 Å². The van der Waals surface area contributed by atoms with Gasteiger partial charge in [0.2, 0.25) is 0 Å². The molecule has 0 aromatic heterocycles. The highest BCUT2D eigenvalue weighted by Gasteiger charge is 2.25. The molecule has 2 rings (SSSR count). The highest BCUT2D eigenvalue weighted by molar-refractivity contribution is 5.85. The zero-order valence-corrected chi connectivity index (χ0v) is 12.7. The van der Waals surface area contributed by atoms with Crippen molar-refractivity contribution in [2.24, 2.45) is 5.92 Å². The predicted octanol–water partition coefficient (Wildman–Crippen LogP) is 1.83. The summed E-state index contributed by atoms with van der Waals surface area (Å²) in [6, 6.07) is 0. The summed E-state index contributed by atoms with van der Waals surface area (Å²) in [5.41, 5.74) is 0. The number of likely N-dealkylation sites (N-methyl/N-ethyl adjacent to an activating group) is 1. The van der Waals surface area contributed by atoms with Crippen LogP contribution in [0.3, 0.4) is 0 Å². The van der Waals surface area contributed by atoms with Gasteiger partial charge >= 0.3 is 0 Å². The molecule has 5 heteroatoms. The molecule has 112 valence electrons. The minimum Gasteiger partial charge on any atom is -0.366 e. The fraction of sp³-hybridized carbons (Fsp3) is 0.929. The number of hydrogen-bond donors (Lipinski definition) is 1. The maximum atomic E-state index is 12.1. The van der Waals surface area contributed by atoms with Gasteiger partial charge in [-0.3, -0.25) is 4.79 Å². The quantitative estimate of drug-likeness (QED) is 0.859. The topological polar surface area (TPSA) is 41.6 Å².